The van der Waals surface area contributed by atoms with Gasteiger partial charge < -0.3 is 19.5 Å². The second-order valence-corrected chi connectivity index (χ2v) is 9.05. The highest BCUT2D eigenvalue weighted by Crippen LogP contribution is 2.24. The van der Waals surface area contributed by atoms with Gasteiger partial charge in [0, 0.05) is 64.3 Å². The SMILES string of the molecule is CN(C)[C@@H]1CCN(CC(=O)N2CCN(Cc3cccc4cc(C(=O)O)n(C)c34)CC2)C1. The molecule has 8 nitrogen and oxygen atoms in total. The van der Waals surface area contributed by atoms with Gasteiger partial charge in [0.15, 0.2) is 0 Å². The highest BCUT2D eigenvalue weighted by Gasteiger charge is 2.28. The zero-order valence-electron chi connectivity index (χ0n) is 18.8. The van der Waals surface area contributed by atoms with Crippen molar-refractivity contribution >= 4 is 22.8 Å². The molecular weight excluding hydrogens is 394 g/mol. The number of aromatic carboxylic acids is 1. The monoisotopic (exact) mass is 427 g/mol. The predicted octanol–water partition coefficient (Wildman–Crippen LogP) is 1.16. The first-order chi connectivity index (χ1) is 14.8. The number of amides is 1. The van der Waals surface area contributed by atoms with Crippen molar-refractivity contribution in [3.05, 3.63) is 35.5 Å². The smallest absolute Gasteiger partial charge is 0.352 e. The maximum absolute atomic E-state index is 12.8. The summed E-state index contributed by atoms with van der Waals surface area (Å²) in [5, 5.41) is 10.4. The summed E-state index contributed by atoms with van der Waals surface area (Å²) in [5.74, 6) is -0.679. The van der Waals surface area contributed by atoms with Crippen LogP contribution >= 0.6 is 0 Å². The first kappa shape index (κ1) is 21.8. The third kappa shape index (κ3) is 4.61. The fraction of sp³-hybridized carbons (Fsp3) is 0.565. The quantitative estimate of drug-likeness (QED) is 0.746. The number of rotatable bonds is 6. The summed E-state index contributed by atoms with van der Waals surface area (Å²) in [7, 11) is 6.02. The largest absolute Gasteiger partial charge is 0.477 e. The molecule has 8 heteroatoms. The number of carbonyl (C=O) groups excluding carboxylic acids is 1. The van der Waals surface area contributed by atoms with Crippen LogP contribution in [0.25, 0.3) is 10.9 Å². The van der Waals surface area contributed by atoms with Crippen LogP contribution in [0.15, 0.2) is 24.3 Å². The van der Waals surface area contributed by atoms with Gasteiger partial charge in [0.1, 0.15) is 5.69 Å². The lowest BCUT2D eigenvalue weighted by Gasteiger charge is -2.35. The molecular formula is C23H33N5O3. The van der Waals surface area contributed by atoms with Crippen molar-refractivity contribution in [3.8, 4) is 0 Å². The van der Waals surface area contributed by atoms with Gasteiger partial charge in [-0.3, -0.25) is 14.6 Å². The lowest BCUT2D eigenvalue weighted by Crippen LogP contribution is -2.50. The highest BCUT2D eigenvalue weighted by molar-refractivity contribution is 5.95. The van der Waals surface area contributed by atoms with Crippen LogP contribution in [0.5, 0.6) is 0 Å². The lowest BCUT2D eigenvalue weighted by molar-refractivity contribution is -0.134. The Morgan fingerprint density at radius 3 is 2.48 bits per heavy atom. The fourth-order valence-electron chi connectivity index (χ4n) is 4.90. The van der Waals surface area contributed by atoms with Crippen LogP contribution in [-0.4, -0.2) is 107 Å². The molecule has 1 aromatic heterocycles. The zero-order chi connectivity index (χ0) is 22.1. The van der Waals surface area contributed by atoms with E-state index in [0.29, 0.717) is 18.3 Å². The van der Waals surface area contributed by atoms with Crippen LogP contribution in [0.3, 0.4) is 0 Å². The van der Waals surface area contributed by atoms with Gasteiger partial charge in [-0.15, -0.1) is 0 Å². The number of para-hydroxylation sites is 1. The van der Waals surface area contributed by atoms with Crippen LogP contribution in [0, 0.1) is 0 Å². The van der Waals surface area contributed by atoms with Crippen molar-refractivity contribution < 1.29 is 14.7 Å². The summed E-state index contributed by atoms with van der Waals surface area (Å²) >= 11 is 0. The van der Waals surface area contributed by atoms with E-state index in [4.69, 9.17) is 0 Å². The zero-order valence-corrected chi connectivity index (χ0v) is 18.8. The number of fused-ring (bicyclic) bond motifs is 1. The number of hydrogen-bond donors (Lipinski definition) is 1. The second kappa shape index (κ2) is 8.98. The lowest BCUT2D eigenvalue weighted by atomic mass is 10.1. The summed E-state index contributed by atoms with van der Waals surface area (Å²) in [6, 6.07) is 8.30. The van der Waals surface area contributed by atoms with Crippen LogP contribution < -0.4 is 0 Å². The number of likely N-dealkylation sites (N-methyl/N-ethyl adjacent to an activating group) is 1. The first-order valence-corrected chi connectivity index (χ1v) is 11.0. The summed E-state index contributed by atoms with van der Waals surface area (Å²) in [5.41, 5.74) is 2.40. The number of aromatic nitrogens is 1. The number of piperazine rings is 1. The summed E-state index contributed by atoms with van der Waals surface area (Å²) < 4.78 is 1.77. The fourth-order valence-corrected chi connectivity index (χ4v) is 4.90. The molecule has 0 unspecified atom stereocenters. The molecule has 0 radical (unpaired) electrons. The molecule has 0 spiro atoms. The van der Waals surface area contributed by atoms with Gasteiger partial charge in [0.25, 0.3) is 0 Å². The second-order valence-electron chi connectivity index (χ2n) is 9.05. The molecule has 0 bridgehead atoms. The third-order valence-corrected chi connectivity index (χ3v) is 6.81. The molecule has 1 N–H and O–H groups in total. The molecule has 1 amide bonds. The van der Waals surface area contributed by atoms with E-state index < -0.39 is 5.97 Å². The van der Waals surface area contributed by atoms with E-state index >= 15 is 0 Å². The van der Waals surface area contributed by atoms with E-state index in [2.05, 4.69) is 34.9 Å². The van der Waals surface area contributed by atoms with E-state index in [9.17, 15) is 14.7 Å². The Bertz CT molecular complexity index is 962. The Labute approximate surface area is 183 Å². The number of carboxylic acid groups (broad SMARTS) is 1. The Morgan fingerprint density at radius 2 is 1.84 bits per heavy atom. The Hall–Kier alpha value is -2.42. The Morgan fingerprint density at radius 1 is 1.10 bits per heavy atom. The molecule has 2 aromatic rings. The van der Waals surface area contributed by atoms with E-state index in [0.717, 1.165) is 68.7 Å². The molecule has 2 fully saturated rings. The molecule has 168 valence electrons. The Balaban J connectivity index is 1.34. The van der Waals surface area contributed by atoms with E-state index in [1.807, 2.05) is 24.1 Å². The molecule has 0 saturated carbocycles. The highest BCUT2D eigenvalue weighted by atomic mass is 16.4. The maximum Gasteiger partial charge on any atom is 0.352 e. The molecule has 31 heavy (non-hydrogen) atoms. The van der Waals surface area contributed by atoms with E-state index in [1.54, 1.807) is 10.6 Å². The average Bonchev–Trinajstić information content (AvgIpc) is 3.34. The predicted molar refractivity (Wildman–Crippen MR) is 120 cm³/mol. The summed E-state index contributed by atoms with van der Waals surface area (Å²) in [6.45, 7) is 6.39. The first-order valence-electron chi connectivity index (χ1n) is 11.0. The molecule has 1 aromatic carbocycles. The van der Waals surface area contributed by atoms with Gasteiger partial charge in [-0.25, -0.2) is 4.79 Å². The van der Waals surface area contributed by atoms with Gasteiger partial charge in [-0.05, 0) is 32.1 Å². The number of benzene rings is 1. The van der Waals surface area contributed by atoms with Gasteiger partial charge in [0.2, 0.25) is 5.91 Å². The molecule has 4 rings (SSSR count). The van der Waals surface area contributed by atoms with Crippen LogP contribution in [-0.2, 0) is 18.4 Å². The molecule has 2 aliphatic heterocycles. The van der Waals surface area contributed by atoms with Gasteiger partial charge in [-0.1, -0.05) is 18.2 Å². The molecule has 3 heterocycles. The summed E-state index contributed by atoms with van der Waals surface area (Å²) in [4.78, 5) is 33.1. The van der Waals surface area contributed by atoms with Crippen molar-refractivity contribution in [3.63, 3.8) is 0 Å². The minimum atomic E-state index is -0.910. The van der Waals surface area contributed by atoms with Gasteiger partial charge in [-0.2, -0.15) is 0 Å². The van der Waals surface area contributed by atoms with Crippen molar-refractivity contribution in [1.29, 1.82) is 0 Å². The van der Waals surface area contributed by atoms with Gasteiger partial charge >= 0.3 is 5.97 Å². The minimum Gasteiger partial charge on any atom is -0.477 e. The van der Waals surface area contributed by atoms with Crippen LogP contribution in [0.4, 0.5) is 0 Å². The molecule has 2 saturated heterocycles. The standard InChI is InChI=1S/C23H33N5O3/c1-24(2)19-7-8-27(15-19)16-21(29)28-11-9-26(10-12-28)14-18-6-4-5-17-13-20(23(30)31)25(3)22(17)18/h4-6,13,19H,7-12,14-16H2,1-3H3,(H,30,31)/t19-/m1/s1. The van der Waals surface area contributed by atoms with Gasteiger partial charge in [0.05, 0.1) is 12.1 Å². The van der Waals surface area contributed by atoms with E-state index in [-0.39, 0.29) is 5.91 Å². The van der Waals surface area contributed by atoms with Crippen LogP contribution in [0.2, 0.25) is 0 Å². The summed E-state index contributed by atoms with van der Waals surface area (Å²) in [6.07, 6.45) is 1.13. The average molecular weight is 428 g/mol. The number of nitrogens with zero attached hydrogens (tertiary/aromatic N) is 5. The number of carboxylic acids is 1. The van der Waals surface area contributed by atoms with Crippen molar-refractivity contribution in [1.82, 2.24) is 24.2 Å². The molecule has 1 atom stereocenters. The number of aryl methyl sites for hydroxylation is 1. The number of hydrogen-bond acceptors (Lipinski definition) is 5. The molecule has 0 aliphatic carbocycles. The third-order valence-electron chi connectivity index (χ3n) is 6.81. The Kier molecular flexibility index (Phi) is 6.31. The van der Waals surface area contributed by atoms with E-state index in [1.165, 1.54) is 0 Å². The normalized spacial score (nSPS) is 20.8. The topological polar surface area (TPSA) is 72.3 Å². The minimum absolute atomic E-state index is 0.231. The number of likely N-dealkylation sites (tertiary alicyclic amines) is 1. The number of carbonyl (C=O) groups is 2. The van der Waals surface area contributed by atoms with Crippen molar-refractivity contribution in [2.45, 2.75) is 19.0 Å². The maximum atomic E-state index is 12.8. The van der Waals surface area contributed by atoms with Crippen molar-refractivity contribution in [2.75, 3.05) is 59.9 Å². The van der Waals surface area contributed by atoms with Crippen molar-refractivity contribution in [2.24, 2.45) is 7.05 Å². The molecule has 2 aliphatic rings. The van der Waals surface area contributed by atoms with Crippen LogP contribution in [0.1, 0.15) is 22.5 Å².